The third kappa shape index (κ3) is 3.73. The number of benzene rings is 2. The largest absolute Gasteiger partial charge is 0.497 e. The quantitative estimate of drug-likeness (QED) is 0.559. The van der Waals surface area contributed by atoms with Crippen LogP contribution in [0.15, 0.2) is 42.5 Å². The molecule has 0 aliphatic heterocycles. The van der Waals surface area contributed by atoms with Crippen LogP contribution in [0.5, 0.6) is 5.75 Å². The van der Waals surface area contributed by atoms with E-state index in [0.717, 1.165) is 17.0 Å². The summed E-state index contributed by atoms with van der Waals surface area (Å²) in [5.41, 5.74) is 8.63. The Morgan fingerprint density at radius 1 is 1.24 bits per heavy atom. The smallest absolute Gasteiger partial charge is 0.188 e. The van der Waals surface area contributed by atoms with Crippen molar-refractivity contribution in [2.24, 2.45) is 0 Å². The molecule has 0 unspecified atom stereocenters. The summed E-state index contributed by atoms with van der Waals surface area (Å²) in [6.07, 6.45) is 0. The van der Waals surface area contributed by atoms with Crippen molar-refractivity contribution < 1.29 is 14.6 Å². The topological polar surface area (TPSA) is 84.6 Å². The normalized spacial score (nSPS) is 10.2. The van der Waals surface area contributed by atoms with Gasteiger partial charge in [0.25, 0.3) is 0 Å². The second kappa shape index (κ2) is 6.76. The molecular weight excluding hydrogens is 268 g/mol. The van der Waals surface area contributed by atoms with Crippen LogP contribution in [0.25, 0.3) is 0 Å². The fourth-order valence-electron chi connectivity index (χ4n) is 1.93. The zero-order chi connectivity index (χ0) is 15.2. The number of aliphatic hydroxyl groups is 1. The molecule has 0 atom stereocenters. The third-order valence-electron chi connectivity index (χ3n) is 3.16. The van der Waals surface area contributed by atoms with Crippen molar-refractivity contribution in [3.63, 3.8) is 0 Å². The fourth-order valence-corrected chi connectivity index (χ4v) is 1.93. The van der Waals surface area contributed by atoms with Gasteiger partial charge in [-0.2, -0.15) is 0 Å². The van der Waals surface area contributed by atoms with Crippen LogP contribution in [0, 0.1) is 0 Å². The zero-order valence-electron chi connectivity index (χ0n) is 11.8. The molecule has 0 aliphatic rings. The SMILES string of the molecule is COc1ccc(CNc2ccc(C(=O)CO)cc2N)cc1. The number of nitrogens with two attached hydrogens (primary N) is 1. The Morgan fingerprint density at radius 2 is 1.95 bits per heavy atom. The molecule has 0 bridgehead atoms. The molecule has 0 saturated heterocycles. The molecule has 2 rings (SSSR count). The van der Waals surface area contributed by atoms with E-state index in [9.17, 15) is 4.79 Å². The van der Waals surface area contributed by atoms with Crippen molar-refractivity contribution in [2.75, 3.05) is 24.8 Å². The molecule has 2 aromatic rings. The minimum atomic E-state index is -0.516. The van der Waals surface area contributed by atoms with E-state index in [1.807, 2.05) is 24.3 Å². The molecule has 2 aromatic carbocycles. The Morgan fingerprint density at radius 3 is 2.52 bits per heavy atom. The van der Waals surface area contributed by atoms with Crippen molar-refractivity contribution in [3.8, 4) is 5.75 Å². The van der Waals surface area contributed by atoms with Crippen molar-refractivity contribution in [1.82, 2.24) is 0 Å². The highest BCUT2D eigenvalue weighted by Crippen LogP contribution is 2.21. The number of aliphatic hydroxyl groups excluding tert-OH is 1. The monoisotopic (exact) mass is 286 g/mol. The van der Waals surface area contributed by atoms with E-state index in [4.69, 9.17) is 15.6 Å². The van der Waals surface area contributed by atoms with E-state index in [2.05, 4.69) is 5.32 Å². The Kier molecular flexibility index (Phi) is 4.79. The molecule has 0 aromatic heterocycles. The number of nitrogen functional groups attached to an aromatic ring is 1. The lowest BCUT2D eigenvalue weighted by Gasteiger charge is -2.11. The number of anilines is 2. The van der Waals surface area contributed by atoms with Gasteiger partial charge < -0.3 is 20.9 Å². The van der Waals surface area contributed by atoms with E-state index in [1.165, 1.54) is 0 Å². The molecule has 4 N–H and O–H groups in total. The number of rotatable bonds is 6. The fraction of sp³-hybridized carbons (Fsp3) is 0.188. The maximum absolute atomic E-state index is 11.4. The minimum Gasteiger partial charge on any atom is -0.497 e. The molecule has 0 aliphatic carbocycles. The lowest BCUT2D eigenvalue weighted by Crippen LogP contribution is -2.07. The number of Topliss-reactive ketones (excluding diaryl/α,β-unsaturated/α-hetero) is 1. The van der Waals surface area contributed by atoms with Crippen molar-refractivity contribution in [1.29, 1.82) is 0 Å². The average molecular weight is 286 g/mol. The lowest BCUT2D eigenvalue weighted by molar-refractivity contribution is 0.0904. The van der Waals surface area contributed by atoms with E-state index < -0.39 is 6.61 Å². The van der Waals surface area contributed by atoms with Crippen LogP contribution >= 0.6 is 0 Å². The standard InChI is InChI=1S/C16H18N2O3/c1-21-13-5-2-11(3-6-13)9-18-15-7-4-12(8-14(15)17)16(20)10-19/h2-8,18-19H,9-10,17H2,1H3. The summed E-state index contributed by atoms with van der Waals surface area (Å²) >= 11 is 0. The first-order valence-electron chi connectivity index (χ1n) is 6.54. The second-order valence-corrected chi connectivity index (χ2v) is 4.58. The number of ether oxygens (including phenoxy) is 1. The highest BCUT2D eigenvalue weighted by atomic mass is 16.5. The lowest BCUT2D eigenvalue weighted by atomic mass is 10.1. The Balaban J connectivity index is 2.04. The molecular formula is C16H18N2O3. The first-order valence-corrected chi connectivity index (χ1v) is 6.54. The Hall–Kier alpha value is -2.53. The number of ketones is 1. The van der Waals surface area contributed by atoms with Gasteiger partial charge in [-0.05, 0) is 35.9 Å². The van der Waals surface area contributed by atoms with Gasteiger partial charge in [-0.25, -0.2) is 0 Å². The number of hydrogen-bond donors (Lipinski definition) is 3. The second-order valence-electron chi connectivity index (χ2n) is 4.58. The number of nitrogens with one attached hydrogen (secondary N) is 1. The van der Waals surface area contributed by atoms with E-state index in [-0.39, 0.29) is 5.78 Å². The van der Waals surface area contributed by atoms with Gasteiger partial charge in [0.15, 0.2) is 5.78 Å². The van der Waals surface area contributed by atoms with Crippen LogP contribution in [0.2, 0.25) is 0 Å². The third-order valence-corrected chi connectivity index (χ3v) is 3.16. The van der Waals surface area contributed by atoms with Crippen LogP contribution in [-0.4, -0.2) is 24.6 Å². The van der Waals surface area contributed by atoms with E-state index >= 15 is 0 Å². The molecule has 0 spiro atoms. The zero-order valence-corrected chi connectivity index (χ0v) is 11.8. The summed E-state index contributed by atoms with van der Waals surface area (Å²) < 4.78 is 5.10. The Labute approximate surface area is 123 Å². The number of carbonyl (C=O) groups is 1. The molecule has 110 valence electrons. The minimum absolute atomic E-state index is 0.344. The summed E-state index contributed by atoms with van der Waals surface area (Å²) in [6.45, 7) is 0.0968. The number of methoxy groups -OCH3 is 1. The van der Waals surface area contributed by atoms with Gasteiger partial charge in [0, 0.05) is 12.1 Å². The molecule has 0 heterocycles. The summed E-state index contributed by atoms with van der Waals surface area (Å²) in [6, 6.07) is 12.7. The van der Waals surface area contributed by atoms with Gasteiger partial charge in [0.2, 0.25) is 0 Å². The predicted molar refractivity (Wildman–Crippen MR) is 82.6 cm³/mol. The Bertz CT molecular complexity index is 624. The molecule has 0 amide bonds. The molecule has 21 heavy (non-hydrogen) atoms. The van der Waals surface area contributed by atoms with Crippen molar-refractivity contribution in [2.45, 2.75) is 6.54 Å². The van der Waals surface area contributed by atoms with Crippen LogP contribution in [0.1, 0.15) is 15.9 Å². The number of hydrogen-bond acceptors (Lipinski definition) is 5. The van der Waals surface area contributed by atoms with Gasteiger partial charge in [-0.15, -0.1) is 0 Å². The van der Waals surface area contributed by atoms with Crippen molar-refractivity contribution >= 4 is 17.2 Å². The van der Waals surface area contributed by atoms with E-state index in [0.29, 0.717) is 17.8 Å². The van der Waals surface area contributed by atoms with Gasteiger partial charge in [-0.3, -0.25) is 4.79 Å². The van der Waals surface area contributed by atoms with E-state index in [1.54, 1.807) is 25.3 Å². The molecule has 5 heteroatoms. The molecule has 0 fully saturated rings. The maximum atomic E-state index is 11.4. The first-order chi connectivity index (χ1) is 10.1. The van der Waals surface area contributed by atoms with Crippen molar-refractivity contribution in [3.05, 3.63) is 53.6 Å². The predicted octanol–water partition coefficient (Wildman–Crippen LogP) is 2.06. The first kappa shape index (κ1) is 14.9. The summed E-state index contributed by atoms with van der Waals surface area (Å²) in [5.74, 6) is 0.466. The van der Waals surface area contributed by atoms with Crippen LogP contribution in [-0.2, 0) is 6.54 Å². The summed E-state index contributed by atoms with van der Waals surface area (Å²) in [5, 5.41) is 12.0. The maximum Gasteiger partial charge on any atom is 0.188 e. The molecule has 0 radical (unpaired) electrons. The van der Waals surface area contributed by atoms with Gasteiger partial charge in [0.05, 0.1) is 18.5 Å². The molecule has 0 saturated carbocycles. The average Bonchev–Trinajstić information content (AvgIpc) is 2.53. The number of carbonyl (C=O) groups excluding carboxylic acids is 1. The highest BCUT2D eigenvalue weighted by molar-refractivity contribution is 5.98. The van der Waals surface area contributed by atoms with Gasteiger partial charge >= 0.3 is 0 Å². The van der Waals surface area contributed by atoms with Gasteiger partial charge in [-0.1, -0.05) is 12.1 Å². The highest BCUT2D eigenvalue weighted by Gasteiger charge is 2.07. The summed E-state index contributed by atoms with van der Waals surface area (Å²) in [4.78, 5) is 11.4. The van der Waals surface area contributed by atoms with Crippen LogP contribution in [0.3, 0.4) is 0 Å². The van der Waals surface area contributed by atoms with Crippen LogP contribution in [0.4, 0.5) is 11.4 Å². The van der Waals surface area contributed by atoms with Crippen LogP contribution < -0.4 is 15.8 Å². The molecule has 5 nitrogen and oxygen atoms in total. The van der Waals surface area contributed by atoms with Gasteiger partial charge in [0.1, 0.15) is 12.4 Å². The summed E-state index contributed by atoms with van der Waals surface area (Å²) in [7, 11) is 1.63.